The number of amidine groups is 1. The minimum atomic E-state index is -0.285. The van der Waals surface area contributed by atoms with Crippen molar-refractivity contribution in [2.45, 2.75) is 6.92 Å². The van der Waals surface area contributed by atoms with E-state index >= 15 is 0 Å². The van der Waals surface area contributed by atoms with Crippen molar-refractivity contribution >= 4 is 34.6 Å². The lowest BCUT2D eigenvalue weighted by Gasteiger charge is -2.17. The number of benzene rings is 2. The fraction of sp³-hybridized carbons (Fsp3) is 0.111. The van der Waals surface area contributed by atoms with Gasteiger partial charge in [0.1, 0.15) is 5.75 Å². The van der Waals surface area contributed by atoms with E-state index < -0.39 is 0 Å². The van der Waals surface area contributed by atoms with Gasteiger partial charge in [-0.25, -0.2) is 0 Å². The molecule has 1 heterocycles. The van der Waals surface area contributed by atoms with Gasteiger partial charge in [-0.2, -0.15) is 4.99 Å². The number of aryl methyl sites for hydroxylation is 1. The van der Waals surface area contributed by atoms with Gasteiger partial charge in [0.25, 0.3) is 5.91 Å². The van der Waals surface area contributed by atoms with Crippen LogP contribution in [0.25, 0.3) is 6.08 Å². The van der Waals surface area contributed by atoms with Gasteiger partial charge in [0.2, 0.25) is 0 Å². The average molecular weight is 324 g/mol. The molecule has 0 unspecified atom stereocenters. The standard InChI is InChI=1S/C18H16N2O2S/c1-12-7-9-14(10-8-12)20(2)18-19-17(22)16(23-18)11-13-5-3-4-6-15(13)21/h3-11,21H,1-2H3/b16-11+. The first kappa shape index (κ1) is 15.4. The van der Waals surface area contributed by atoms with Crippen LogP contribution in [-0.2, 0) is 4.79 Å². The second-order valence-corrected chi connectivity index (χ2v) is 6.27. The smallest absolute Gasteiger partial charge is 0.286 e. The second-order valence-electron chi connectivity index (χ2n) is 5.26. The number of nitrogens with zero attached hydrogens (tertiary/aromatic N) is 2. The maximum absolute atomic E-state index is 12.1. The highest BCUT2D eigenvalue weighted by atomic mass is 32.2. The predicted molar refractivity (Wildman–Crippen MR) is 95.7 cm³/mol. The maximum Gasteiger partial charge on any atom is 0.286 e. The molecule has 116 valence electrons. The van der Waals surface area contributed by atoms with Crippen LogP contribution in [0, 0.1) is 6.92 Å². The first-order chi connectivity index (χ1) is 11.0. The third-order valence-electron chi connectivity index (χ3n) is 3.54. The van der Waals surface area contributed by atoms with Gasteiger partial charge in [0.15, 0.2) is 5.17 Å². The van der Waals surface area contributed by atoms with Crippen molar-refractivity contribution in [3.05, 3.63) is 64.6 Å². The van der Waals surface area contributed by atoms with Crippen LogP contribution in [0.3, 0.4) is 0 Å². The van der Waals surface area contributed by atoms with Crippen LogP contribution in [0.2, 0.25) is 0 Å². The summed E-state index contributed by atoms with van der Waals surface area (Å²) in [5, 5.41) is 10.4. The van der Waals surface area contributed by atoms with Crippen LogP contribution in [-0.4, -0.2) is 23.2 Å². The van der Waals surface area contributed by atoms with Gasteiger partial charge in [0, 0.05) is 18.3 Å². The minimum Gasteiger partial charge on any atom is -0.507 e. The largest absolute Gasteiger partial charge is 0.507 e. The number of hydrogen-bond acceptors (Lipinski definition) is 4. The molecule has 0 aromatic heterocycles. The number of carbonyl (C=O) groups is 1. The van der Waals surface area contributed by atoms with Gasteiger partial charge in [-0.3, -0.25) is 4.79 Å². The normalized spacial score (nSPS) is 15.8. The molecule has 1 aliphatic heterocycles. The maximum atomic E-state index is 12.1. The summed E-state index contributed by atoms with van der Waals surface area (Å²) in [6, 6.07) is 14.9. The number of hydrogen-bond donors (Lipinski definition) is 1. The summed E-state index contributed by atoms with van der Waals surface area (Å²) in [6.07, 6.45) is 1.67. The van der Waals surface area contributed by atoms with Gasteiger partial charge in [0.05, 0.1) is 4.91 Å². The quantitative estimate of drug-likeness (QED) is 0.854. The number of aliphatic imine (C=N–C) groups is 1. The van der Waals surface area contributed by atoms with Crippen molar-refractivity contribution < 1.29 is 9.90 Å². The highest BCUT2D eigenvalue weighted by Crippen LogP contribution is 2.33. The van der Waals surface area contributed by atoms with Crippen molar-refractivity contribution in [3.8, 4) is 5.75 Å². The molecule has 5 heteroatoms. The lowest BCUT2D eigenvalue weighted by Crippen LogP contribution is -2.21. The van der Waals surface area contributed by atoms with Crippen LogP contribution >= 0.6 is 11.8 Å². The van der Waals surface area contributed by atoms with E-state index in [4.69, 9.17) is 0 Å². The van der Waals surface area contributed by atoms with Gasteiger partial charge >= 0.3 is 0 Å². The Hall–Kier alpha value is -2.53. The van der Waals surface area contributed by atoms with Crippen LogP contribution < -0.4 is 4.90 Å². The molecule has 0 saturated carbocycles. The summed E-state index contributed by atoms with van der Waals surface area (Å²) in [4.78, 5) is 18.6. The van der Waals surface area contributed by atoms with Crippen molar-refractivity contribution in [3.63, 3.8) is 0 Å². The summed E-state index contributed by atoms with van der Waals surface area (Å²) in [5.41, 5.74) is 2.76. The van der Waals surface area contributed by atoms with E-state index in [1.165, 1.54) is 17.3 Å². The Morgan fingerprint density at radius 2 is 1.83 bits per heavy atom. The third-order valence-corrected chi connectivity index (χ3v) is 4.60. The molecule has 1 amide bonds. The number of thioether (sulfide) groups is 1. The van der Waals surface area contributed by atoms with Gasteiger partial charge in [-0.1, -0.05) is 35.9 Å². The molecular formula is C18H16N2O2S. The number of carbonyl (C=O) groups excluding carboxylic acids is 1. The monoisotopic (exact) mass is 324 g/mol. The topological polar surface area (TPSA) is 52.9 Å². The van der Waals surface area contributed by atoms with E-state index in [0.29, 0.717) is 15.6 Å². The first-order valence-corrected chi connectivity index (χ1v) is 7.97. The molecule has 1 aliphatic rings. The number of aromatic hydroxyl groups is 1. The Morgan fingerprint density at radius 1 is 1.13 bits per heavy atom. The molecule has 4 nitrogen and oxygen atoms in total. The molecule has 0 atom stereocenters. The Bertz CT molecular complexity index is 810. The van der Waals surface area contributed by atoms with Crippen LogP contribution in [0.15, 0.2) is 58.4 Å². The first-order valence-electron chi connectivity index (χ1n) is 7.15. The molecular weight excluding hydrogens is 308 g/mol. The Labute approximate surface area is 139 Å². The Kier molecular flexibility index (Phi) is 4.21. The molecule has 3 rings (SSSR count). The zero-order valence-electron chi connectivity index (χ0n) is 12.9. The van der Waals surface area contributed by atoms with E-state index in [1.807, 2.05) is 49.2 Å². The highest BCUT2D eigenvalue weighted by Gasteiger charge is 2.25. The molecule has 23 heavy (non-hydrogen) atoms. The molecule has 0 radical (unpaired) electrons. The molecule has 2 aromatic rings. The van der Waals surface area contributed by atoms with Crippen LogP contribution in [0.1, 0.15) is 11.1 Å². The molecule has 0 spiro atoms. The number of anilines is 1. The fourth-order valence-corrected chi connectivity index (χ4v) is 3.06. The van der Waals surface area contributed by atoms with E-state index in [2.05, 4.69) is 4.99 Å². The van der Waals surface area contributed by atoms with Gasteiger partial charge in [-0.05, 0) is 43.0 Å². The van der Waals surface area contributed by atoms with Gasteiger partial charge < -0.3 is 10.0 Å². The molecule has 2 aromatic carbocycles. The van der Waals surface area contributed by atoms with E-state index in [0.717, 1.165) is 5.69 Å². The highest BCUT2D eigenvalue weighted by molar-refractivity contribution is 8.18. The number of amides is 1. The van der Waals surface area contributed by atoms with E-state index in [9.17, 15) is 9.90 Å². The van der Waals surface area contributed by atoms with Crippen LogP contribution in [0.5, 0.6) is 5.75 Å². The summed E-state index contributed by atoms with van der Waals surface area (Å²) in [5.74, 6) is -0.138. The average Bonchev–Trinajstić information content (AvgIpc) is 2.91. The SMILES string of the molecule is Cc1ccc(N(C)C2=NC(=O)/C(=C\c3ccccc3O)S2)cc1. The van der Waals surface area contributed by atoms with Crippen molar-refractivity contribution in [2.24, 2.45) is 4.99 Å². The molecule has 0 fully saturated rings. The van der Waals surface area contributed by atoms with Crippen molar-refractivity contribution in [2.75, 3.05) is 11.9 Å². The predicted octanol–water partition coefficient (Wildman–Crippen LogP) is 3.81. The number of rotatable bonds is 2. The van der Waals surface area contributed by atoms with E-state index in [-0.39, 0.29) is 11.7 Å². The summed E-state index contributed by atoms with van der Waals surface area (Å²) >= 11 is 1.31. The third kappa shape index (κ3) is 3.29. The second kappa shape index (κ2) is 6.30. The molecule has 0 saturated heterocycles. The number of phenols is 1. The lowest BCUT2D eigenvalue weighted by molar-refractivity contribution is -0.113. The van der Waals surface area contributed by atoms with Crippen molar-refractivity contribution in [1.82, 2.24) is 0 Å². The summed E-state index contributed by atoms with van der Waals surface area (Å²) < 4.78 is 0. The minimum absolute atomic E-state index is 0.147. The number of phenolic OH excluding ortho intramolecular Hbond substituents is 1. The Morgan fingerprint density at radius 3 is 2.52 bits per heavy atom. The van der Waals surface area contributed by atoms with Crippen molar-refractivity contribution in [1.29, 1.82) is 0 Å². The summed E-state index contributed by atoms with van der Waals surface area (Å²) in [7, 11) is 1.88. The van der Waals surface area contributed by atoms with Gasteiger partial charge in [-0.15, -0.1) is 0 Å². The van der Waals surface area contributed by atoms with Crippen LogP contribution in [0.4, 0.5) is 5.69 Å². The Balaban J connectivity index is 1.82. The zero-order chi connectivity index (χ0) is 16.4. The van der Waals surface area contributed by atoms with E-state index in [1.54, 1.807) is 24.3 Å². The lowest BCUT2D eigenvalue weighted by atomic mass is 10.2. The molecule has 0 bridgehead atoms. The number of para-hydroxylation sites is 1. The fourth-order valence-electron chi connectivity index (χ4n) is 2.17. The zero-order valence-corrected chi connectivity index (χ0v) is 13.7. The molecule has 1 N–H and O–H groups in total. The summed E-state index contributed by atoms with van der Waals surface area (Å²) in [6.45, 7) is 2.03. The molecule has 0 aliphatic carbocycles.